The quantitative estimate of drug-likeness (QED) is 0.607. The van der Waals surface area contributed by atoms with Crippen LogP contribution in [-0.2, 0) is 12.8 Å². The molecule has 1 aromatic rings. The fourth-order valence-corrected chi connectivity index (χ4v) is 0.953. The lowest BCUT2D eigenvalue weighted by molar-refractivity contribution is -0.385. The number of alkyl halides is 3. The van der Waals surface area contributed by atoms with Gasteiger partial charge in [0.15, 0.2) is 0 Å². The van der Waals surface area contributed by atoms with Gasteiger partial charge in [-0.15, -0.1) is 0 Å². The molecule has 0 spiro atoms. The molecule has 0 bridgehead atoms. The highest BCUT2D eigenvalue weighted by atomic mass is 19.4. The van der Waals surface area contributed by atoms with Crippen molar-refractivity contribution in [2.24, 2.45) is 0 Å². The highest BCUT2D eigenvalue weighted by molar-refractivity contribution is 5.35. The van der Waals surface area contributed by atoms with Crippen LogP contribution < -0.4 is 0 Å². The number of hydrogen-bond donors (Lipinski definition) is 1. The van der Waals surface area contributed by atoms with Gasteiger partial charge in [-0.1, -0.05) is 0 Å². The standard InChI is InChI=1S/C7H5F3N2O3/c8-7(9,10)5-1-4(12(14)15)2-11-6(5)3-13/h1-2,13H,3H2. The van der Waals surface area contributed by atoms with Crippen molar-refractivity contribution in [1.29, 1.82) is 0 Å². The van der Waals surface area contributed by atoms with Crippen LogP contribution in [0.2, 0.25) is 0 Å². The fourth-order valence-electron chi connectivity index (χ4n) is 0.953. The van der Waals surface area contributed by atoms with Gasteiger partial charge in [-0.05, 0) is 0 Å². The first-order valence-corrected chi connectivity index (χ1v) is 3.67. The third kappa shape index (κ3) is 2.40. The molecule has 1 heterocycles. The lowest BCUT2D eigenvalue weighted by atomic mass is 10.2. The van der Waals surface area contributed by atoms with Gasteiger partial charge in [-0.3, -0.25) is 15.1 Å². The summed E-state index contributed by atoms with van der Waals surface area (Å²) >= 11 is 0. The summed E-state index contributed by atoms with van der Waals surface area (Å²) < 4.78 is 36.9. The van der Waals surface area contributed by atoms with E-state index >= 15 is 0 Å². The summed E-state index contributed by atoms with van der Waals surface area (Å²) in [6.45, 7) is -0.924. The number of aliphatic hydroxyl groups is 1. The van der Waals surface area contributed by atoms with E-state index in [9.17, 15) is 23.3 Å². The number of aliphatic hydroxyl groups excluding tert-OH is 1. The highest BCUT2D eigenvalue weighted by Gasteiger charge is 2.35. The molecular formula is C7H5F3N2O3. The smallest absolute Gasteiger partial charge is 0.390 e. The molecule has 0 unspecified atom stereocenters. The summed E-state index contributed by atoms with van der Waals surface area (Å²) in [7, 11) is 0. The van der Waals surface area contributed by atoms with E-state index in [4.69, 9.17) is 5.11 Å². The van der Waals surface area contributed by atoms with Gasteiger partial charge in [-0.2, -0.15) is 13.2 Å². The molecule has 8 heteroatoms. The van der Waals surface area contributed by atoms with Gasteiger partial charge in [0.2, 0.25) is 0 Å². The number of nitrogens with zero attached hydrogens (tertiary/aromatic N) is 2. The van der Waals surface area contributed by atoms with Gasteiger partial charge in [0.05, 0.1) is 22.8 Å². The average Bonchev–Trinajstić information content (AvgIpc) is 2.15. The Labute approximate surface area is 81.3 Å². The molecule has 0 saturated carbocycles. The van der Waals surface area contributed by atoms with Crippen LogP contribution in [0.3, 0.4) is 0 Å². The Morgan fingerprint density at radius 3 is 2.53 bits per heavy atom. The normalized spacial score (nSPS) is 11.5. The largest absolute Gasteiger partial charge is 0.418 e. The molecule has 0 atom stereocenters. The van der Waals surface area contributed by atoms with Crippen molar-refractivity contribution < 1.29 is 23.2 Å². The number of halogens is 3. The van der Waals surface area contributed by atoms with Gasteiger partial charge >= 0.3 is 6.18 Å². The molecule has 0 aliphatic heterocycles. The molecule has 0 fully saturated rings. The Balaban J connectivity index is 3.32. The zero-order valence-electron chi connectivity index (χ0n) is 7.15. The van der Waals surface area contributed by atoms with Gasteiger partial charge in [0.1, 0.15) is 6.20 Å². The van der Waals surface area contributed by atoms with Crippen molar-refractivity contribution in [1.82, 2.24) is 4.98 Å². The number of aromatic nitrogens is 1. The summed E-state index contributed by atoms with van der Waals surface area (Å²) in [6.07, 6.45) is -4.10. The Kier molecular flexibility index (Phi) is 2.89. The van der Waals surface area contributed by atoms with Crippen LogP contribution in [0.15, 0.2) is 12.3 Å². The van der Waals surface area contributed by atoms with Crippen LogP contribution in [-0.4, -0.2) is 15.0 Å². The Morgan fingerprint density at radius 2 is 2.13 bits per heavy atom. The van der Waals surface area contributed by atoms with Crippen molar-refractivity contribution in [3.63, 3.8) is 0 Å². The van der Waals surface area contributed by atoms with E-state index in [0.717, 1.165) is 0 Å². The predicted molar refractivity (Wildman–Crippen MR) is 41.8 cm³/mol. The molecule has 0 aliphatic rings. The van der Waals surface area contributed by atoms with Crippen molar-refractivity contribution >= 4 is 5.69 Å². The maximum Gasteiger partial charge on any atom is 0.418 e. The van der Waals surface area contributed by atoms with Crippen molar-refractivity contribution in [2.75, 3.05) is 0 Å². The van der Waals surface area contributed by atoms with Gasteiger partial charge in [0, 0.05) is 6.07 Å². The predicted octanol–water partition coefficient (Wildman–Crippen LogP) is 1.50. The van der Waals surface area contributed by atoms with Crippen LogP contribution in [0.25, 0.3) is 0 Å². The van der Waals surface area contributed by atoms with E-state index in [2.05, 4.69) is 4.98 Å². The van der Waals surface area contributed by atoms with Crippen molar-refractivity contribution in [3.05, 3.63) is 33.6 Å². The lowest BCUT2D eigenvalue weighted by Gasteiger charge is -2.09. The SMILES string of the molecule is O=[N+]([O-])c1cnc(CO)c(C(F)(F)F)c1. The minimum absolute atomic E-state index is 0.346. The topological polar surface area (TPSA) is 76.3 Å². The first-order valence-electron chi connectivity index (χ1n) is 3.67. The molecule has 0 amide bonds. The van der Waals surface area contributed by atoms with E-state index < -0.39 is 34.7 Å². The highest BCUT2D eigenvalue weighted by Crippen LogP contribution is 2.33. The number of pyridine rings is 1. The van der Waals surface area contributed by atoms with Crippen LogP contribution in [0.1, 0.15) is 11.3 Å². The van der Waals surface area contributed by atoms with Crippen LogP contribution in [0.4, 0.5) is 18.9 Å². The summed E-state index contributed by atoms with van der Waals surface area (Å²) in [5.41, 5.74) is -2.69. The second kappa shape index (κ2) is 3.81. The first-order chi connectivity index (χ1) is 6.86. The molecule has 0 aromatic carbocycles. The average molecular weight is 222 g/mol. The van der Waals surface area contributed by atoms with E-state index in [1.807, 2.05) is 0 Å². The maximum atomic E-state index is 12.3. The monoisotopic (exact) mass is 222 g/mol. The Hall–Kier alpha value is -1.70. The van der Waals surface area contributed by atoms with Crippen LogP contribution >= 0.6 is 0 Å². The lowest BCUT2D eigenvalue weighted by Crippen LogP contribution is -2.11. The second-order valence-electron chi connectivity index (χ2n) is 2.60. The first kappa shape index (κ1) is 11.4. The van der Waals surface area contributed by atoms with Crippen LogP contribution in [0, 0.1) is 10.1 Å². The van der Waals surface area contributed by atoms with E-state index in [1.54, 1.807) is 0 Å². The molecule has 1 rings (SSSR count). The summed E-state index contributed by atoms with van der Waals surface area (Å²) in [5, 5.41) is 18.8. The van der Waals surface area contributed by atoms with E-state index in [1.165, 1.54) is 0 Å². The molecule has 15 heavy (non-hydrogen) atoms. The van der Waals surface area contributed by atoms with Gasteiger partial charge in [0.25, 0.3) is 5.69 Å². The number of hydrogen-bond acceptors (Lipinski definition) is 4. The maximum absolute atomic E-state index is 12.3. The third-order valence-electron chi connectivity index (χ3n) is 1.62. The summed E-state index contributed by atoms with van der Waals surface area (Å²) in [6, 6.07) is 0.346. The van der Waals surface area contributed by atoms with Gasteiger partial charge < -0.3 is 5.11 Å². The third-order valence-corrected chi connectivity index (χ3v) is 1.62. The van der Waals surface area contributed by atoms with Gasteiger partial charge in [-0.25, -0.2) is 0 Å². The molecule has 0 aliphatic carbocycles. The molecule has 5 nitrogen and oxygen atoms in total. The summed E-state index contributed by atoms with van der Waals surface area (Å²) in [4.78, 5) is 12.4. The zero-order chi connectivity index (χ0) is 11.6. The fraction of sp³-hybridized carbons (Fsp3) is 0.286. The Morgan fingerprint density at radius 1 is 1.53 bits per heavy atom. The number of rotatable bonds is 2. The second-order valence-corrected chi connectivity index (χ2v) is 2.60. The molecule has 0 saturated heterocycles. The molecule has 1 N–H and O–H groups in total. The summed E-state index contributed by atoms with van der Waals surface area (Å²) in [5.74, 6) is 0. The molecule has 1 aromatic heterocycles. The Bertz CT molecular complexity index is 392. The molecule has 0 radical (unpaired) electrons. The molecule has 82 valence electrons. The van der Waals surface area contributed by atoms with Crippen molar-refractivity contribution in [3.8, 4) is 0 Å². The molecular weight excluding hydrogens is 217 g/mol. The van der Waals surface area contributed by atoms with Crippen LogP contribution in [0.5, 0.6) is 0 Å². The van der Waals surface area contributed by atoms with E-state index in [-0.39, 0.29) is 0 Å². The number of nitro groups is 1. The minimum Gasteiger partial charge on any atom is -0.390 e. The minimum atomic E-state index is -4.77. The van der Waals surface area contributed by atoms with E-state index in [0.29, 0.717) is 12.3 Å². The van der Waals surface area contributed by atoms with Crippen molar-refractivity contribution in [2.45, 2.75) is 12.8 Å². The zero-order valence-corrected chi connectivity index (χ0v) is 7.15.